The highest BCUT2D eigenvalue weighted by atomic mass is 19.3. The molecule has 0 spiro atoms. The van der Waals surface area contributed by atoms with Gasteiger partial charge in [0.1, 0.15) is 5.82 Å². The fraction of sp³-hybridized carbons (Fsp3) is 0.455. The minimum atomic E-state index is -2.55. The summed E-state index contributed by atoms with van der Waals surface area (Å²) in [7, 11) is 0. The minimum absolute atomic E-state index is 0.279. The van der Waals surface area contributed by atoms with Crippen LogP contribution in [0.4, 0.5) is 14.6 Å². The number of hydrogen-bond donors (Lipinski definition) is 2. The van der Waals surface area contributed by atoms with Gasteiger partial charge in [0.25, 0.3) is 12.3 Å². The fourth-order valence-electron chi connectivity index (χ4n) is 1.24. The lowest BCUT2D eigenvalue weighted by Gasteiger charge is -2.10. The van der Waals surface area contributed by atoms with Crippen LogP contribution in [0, 0.1) is 0 Å². The van der Waals surface area contributed by atoms with Crippen LogP contribution in [-0.4, -0.2) is 30.4 Å². The molecule has 0 aliphatic carbocycles. The highest BCUT2D eigenvalue weighted by Gasteiger charge is 2.13. The predicted octanol–water partition coefficient (Wildman–Crippen LogP) is 1.90. The zero-order chi connectivity index (χ0) is 12.7. The van der Waals surface area contributed by atoms with Gasteiger partial charge in [0, 0.05) is 12.7 Å². The Labute approximate surface area is 98.4 Å². The van der Waals surface area contributed by atoms with Crippen LogP contribution in [0.2, 0.25) is 0 Å². The first-order valence-electron chi connectivity index (χ1n) is 5.40. The molecule has 17 heavy (non-hydrogen) atoms. The van der Waals surface area contributed by atoms with Gasteiger partial charge in [0.05, 0.1) is 12.1 Å². The van der Waals surface area contributed by atoms with Crippen molar-refractivity contribution >= 4 is 11.7 Å². The van der Waals surface area contributed by atoms with Crippen molar-refractivity contribution in [3.63, 3.8) is 0 Å². The molecule has 1 rings (SSSR count). The third kappa shape index (κ3) is 4.34. The molecule has 4 nitrogen and oxygen atoms in total. The van der Waals surface area contributed by atoms with E-state index in [4.69, 9.17) is 0 Å². The summed E-state index contributed by atoms with van der Waals surface area (Å²) >= 11 is 0. The van der Waals surface area contributed by atoms with Crippen LogP contribution >= 0.6 is 0 Å². The molecule has 0 saturated heterocycles. The van der Waals surface area contributed by atoms with E-state index >= 15 is 0 Å². The van der Waals surface area contributed by atoms with E-state index in [1.807, 2.05) is 6.92 Å². The highest BCUT2D eigenvalue weighted by molar-refractivity contribution is 5.98. The van der Waals surface area contributed by atoms with Crippen molar-refractivity contribution < 1.29 is 13.6 Å². The number of alkyl halides is 2. The Morgan fingerprint density at radius 2 is 2.29 bits per heavy atom. The smallest absolute Gasteiger partial charge is 0.255 e. The Hall–Kier alpha value is -1.72. The van der Waals surface area contributed by atoms with E-state index in [2.05, 4.69) is 15.6 Å². The van der Waals surface area contributed by atoms with Crippen molar-refractivity contribution in [2.24, 2.45) is 0 Å². The van der Waals surface area contributed by atoms with E-state index in [-0.39, 0.29) is 5.56 Å². The molecule has 1 aromatic rings. The molecule has 94 valence electrons. The van der Waals surface area contributed by atoms with Gasteiger partial charge in [-0.1, -0.05) is 6.92 Å². The van der Waals surface area contributed by atoms with Crippen molar-refractivity contribution in [2.45, 2.75) is 19.8 Å². The molecule has 1 heterocycles. The number of nitrogens with one attached hydrogen (secondary N) is 2. The topological polar surface area (TPSA) is 54.0 Å². The van der Waals surface area contributed by atoms with Crippen molar-refractivity contribution in [3.05, 3.63) is 23.9 Å². The summed E-state index contributed by atoms with van der Waals surface area (Å²) in [4.78, 5) is 15.6. The Bertz CT molecular complexity index is 371. The van der Waals surface area contributed by atoms with Gasteiger partial charge in [0.15, 0.2) is 0 Å². The SMILES string of the molecule is CCCNc1ncccc1C(=O)NCC(F)F. The summed E-state index contributed by atoms with van der Waals surface area (Å²) in [6.45, 7) is 2.00. The Kier molecular flexibility index (Phi) is 5.32. The lowest BCUT2D eigenvalue weighted by molar-refractivity contribution is 0.0892. The number of anilines is 1. The average molecular weight is 243 g/mol. The second-order valence-corrected chi connectivity index (χ2v) is 3.43. The molecule has 0 radical (unpaired) electrons. The molecule has 0 aromatic carbocycles. The number of carbonyl (C=O) groups excluding carboxylic acids is 1. The van der Waals surface area contributed by atoms with Crippen molar-refractivity contribution in [1.29, 1.82) is 0 Å². The van der Waals surface area contributed by atoms with E-state index in [1.165, 1.54) is 0 Å². The number of amides is 1. The third-order valence-corrected chi connectivity index (χ3v) is 2.01. The van der Waals surface area contributed by atoms with Crippen LogP contribution in [0.15, 0.2) is 18.3 Å². The van der Waals surface area contributed by atoms with E-state index < -0.39 is 18.9 Å². The molecule has 0 atom stereocenters. The molecule has 0 saturated carbocycles. The Morgan fingerprint density at radius 1 is 1.53 bits per heavy atom. The number of rotatable bonds is 6. The van der Waals surface area contributed by atoms with Crippen LogP contribution in [0.3, 0.4) is 0 Å². The first-order chi connectivity index (χ1) is 8.15. The lowest BCUT2D eigenvalue weighted by atomic mass is 10.2. The lowest BCUT2D eigenvalue weighted by Crippen LogP contribution is -2.29. The molecule has 0 aliphatic rings. The molecular formula is C11H15F2N3O. The highest BCUT2D eigenvalue weighted by Crippen LogP contribution is 2.11. The zero-order valence-electron chi connectivity index (χ0n) is 9.54. The summed E-state index contributed by atoms with van der Waals surface area (Å²) in [6, 6.07) is 3.14. The largest absolute Gasteiger partial charge is 0.369 e. The zero-order valence-corrected chi connectivity index (χ0v) is 9.54. The van der Waals surface area contributed by atoms with Crippen LogP contribution in [0.5, 0.6) is 0 Å². The van der Waals surface area contributed by atoms with Crippen LogP contribution < -0.4 is 10.6 Å². The second-order valence-electron chi connectivity index (χ2n) is 3.43. The van der Waals surface area contributed by atoms with Crippen molar-refractivity contribution in [3.8, 4) is 0 Å². The van der Waals surface area contributed by atoms with E-state index in [0.717, 1.165) is 6.42 Å². The first-order valence-corrected chi connectivity index (χ1v) is 5.40. The number of carbonyl (C=O) groups is 1. The quantitative estimate of drug-likeness (QED) is 0.802. The van der Waals surface area contributed by atoms with Crippen molar-refractivity contribution in [2.75, 3.05) is 18.4 Å². The van der Waals surface area contributed by atoms with Gasteiger partial charge in [-0.3, -0.25) is 4.79 Å². The Morgan fingerprint density at radius 3 is 2.94 bits per heavy atom. The van der Waals surface area contributed by atoms with Gasteiger partial charge >= 0.3 is 0 Å². The average Bonchev–Trinajstić information content (AvgIpc) is 2.33. The van der Waals surface area contributed by atoms with Gasteiger partial charge < -0.3 is 10.6 Å². The fourth-order valence-corrected chi connectivity index (χ4v) is 1.24. The van der Waals surface area contributed by atoms with Gasteiger partial charge in [-0.2, -0.15) is 0 Å². The van der Waals surface area contributed by atoms with Crippen molar-refractivity contribution in [1.82, 2.24) is 10.3 Å². The Balaban J connectivity index is 2.70. The third-order valence-electron chi connectivity index (χ3n) is 2.01. The second kappa shape index (κ2) is 6.78. The van der Waals surface area contributed by atoms with Crippen LogP contribution in [0.1, 0.15) is 23.7 Å². The molecule has 0 fully saturated rings. The maximum absolute atomic E-state index is 12.0. The summed E-state index contributed by atoms with van der Waals surface area (Å²) in [6.07, 6.45) is -0.126. The predicted molar refractivity (Wildman–Crippen MR) is 61.4 cm³/mol. The number of nitrogens with zero attached hydrogens (tertiary/aromatic N) is 1. The molecule has 1 aromatic heterocycles. The van der Waals surface area contributed by atoms with Crippen LogP contribution in [0.25, 0.3) is 0 Å². The molecule has 6 heteroatoms. The monoisotopic (exact) mass is 243 g/mol. The molecule has 0 unspecified atom stereocenters. The molecule has 1 amide bonds. The maximum atomic E-state index is 12.0. The van der Waals surface area contributed by atoms with Gasteiger partial charge in [0.2, 0.25) is 0 Å². The standard InChI is InChI=1S/C11H15F2N3O/c1-2-5-14-10-8(4-3-6-15-10)11(17)16-7-9(12)13/h3-4,6,9H,2,5,7H2,1H3,(H,14,15)(H,16,17). The minimum Gasteiger partial charge on any atom is -0.369 e. The van der Waals surface area contributed by atoms with Gasteiger partial charge in [-0.15, -0.1) is 0 Å². The first kappa shape index (κ1) is 13.3. The normalized spacial score (nSPS) is 10.4. The number of pyridine rings is 1. The van der Waals surface area contributed by atoms with Crippen LogP contribution in [-0.2, 0) is 0 Å². The summed E-state index contributed by atoms with van der Waals surface area (Å²) < 4.78 is 23.9. The molecule has 0 aliphatic heterocycles. The molecule has 2 N–H and O–H groups in total. The summed E-state index contributed by atoms with van der Waals surface area (Å²) in [5.74, 6) is -0.127. The number of hydrogen-bond acceptors (Lipinski definition) is 3. The van der Waals surface area contributed by atoms with E-state index in [1.54, 1.807) is 18.3 Å². The summed E-state index contributed by atoms with van der Waals surface area (Å²) in [5.41, 5.74) is 0.279. The number of aromatic nitrogens is 1. The van der Waals surface area contributed by atoms with Gasteiger partial charge in [-0.25, -0.2) is 13.8 Å². The van der Waals surface area contributed by atoms with Gasteiger partial charge in [-0.05, 0) is 18.6 Å². The molecule has 0 bridgehead atoms. The summed E-state index contributed by atoms with van der Waals surface area (Å²) in [5, 5.41) is 5.12. The van der Waals surface area contributed by atoms with E-state index in [9.17, 15) is 13.6 Å². The number of halogens is 2. The van der Waals surface area contributed by atoms with E-state index in [0.29, 0.717) is 12.4 Å². The maximum Gasteiger partial charge on any atom is 0.255 e. The molecular weight excluding hydrogens is 228 g/mol.